The SMILES string of the molecule is CSCCCNc1nccnc1C(=O)O. The predicted molar refractivity (Wildman–Crippen MR) is 60.5 cm³/mol. The van der Waals surface area contributed by atoms with Crippen LogP contribution in [-0.4, -0.2) is 39.6 Å². The molecule has 0 radical (unpaired) electrons. The molecule has 0 aliphatic carbocycles. The molecule has 1 heterocycles. The summed E-state index contributed by atoms with van der Waals surface area (Å²) in [6.45, 7) is 0.708. The van der Waals surface area contributed by atoms with Crippen molar-refractivity contribution in [2.45, 2.75) is 6.42 Å². The fourth-order valence-electron chi connectivity index (χ4n) is 1.05. The Morgan fingerprint density at radius 2 is 2.27 bits per heavy atom. The van der Waals surface area contributed by atoms with Gasteiger partial charge in [0.25, 0.3) is 0 Å². The molecule has 82 valence electrons. The van der Waals surface area contributed by atoms with Crippen LogP contribution >= 0.6 is 11.8 Å². The highest BCUT2D eigenvalue weighted by atomic mass is 32.2. The van der Waals surface area contributed by atoms with Crippen molar-refractivity contribution in [2.24, 2.45) is 0 Å². The number of nitrogens with one attached hydrogen (secondary N) is 1. The second kappa shape index (κ2) is 6.23. The van der Waals surface area contributed by atoms with Crippen LogP contribution in [-0.2, 0) is 0 Å². The molecule has 6 heteroatoms. The van der Waals surface area contributed by atoms with E-state index < -0.39 is 5.97 Å². The molecule has 1 aromatic heterocycles. The van der Waals surface area contributed by atoms with Crippen molar-refractivity contribution in [1.82, 2.24) is 9.97 Å². The number of aromatic carboxylic acids is 1. The summed E-state index contributed by atoms with van der Waals surface area (Å²) in [5, 5.41) is 11.8. The van der Waals surface area contributed by atoms with Crippen LogP contribution in [0.3, 0.4) is 0 Å². The van der Waals surface area contributed by atoms with Crippen LogP contribution in [0.25, 0.3) is 0 Å². The Morgan fingerprint density at radius 1 is 1.53 bits per heavy atom. The minimum Gasteiger partial charge on any atom is -0.476 e. The van der Waals surface area contributed by atoms with Gasteiger partial charge >= 0.3 is 5.97 Å². The summed E-state index contributed by atoms with van der Waals surface area (Å²) in [5.41, 5.74) is -0.0262. The summed E-state index contributed by atoms with van der Waals surface area (Å²) >= 11 is 1.75. The zero-order valence-electron chi connectivity index (χ0n) is 8.43. The van der Waals surface area contributed by atoms with Gasteiger partial charge in [-0.25, -0.2) is 14.8 Å². The van der Waals surface area contributed by atoms with Gasteiger partial charge < -0.3 is 10.4 Å². The lowest BCUT2D eigenvalue weighted by atomic mass is 10.4. The number of thioether (sulfide) groups is 1. The molecule has 0 bridgehead atoms. The van der Waals surface area contributed by atoms with E-state index in [4.69, 9.17) is 5.11 Å². The number of carboxylic acids is 1. The van der Waals surface area contributed by atoms with Gasteiger partial charge in [0.1, 0.15) is 0 Å². The Kier molecular flexibility index (Phi) is 4.89. The van der Waals surface area contributed by atoms with Gasteiger partial charge in [0.15, 0.2) is 11.5 Å². The van der Waals surface area contributed by atoms with Crippen LogP contribution in [0.15, 0.2) is 12.4 Å². The van der Waals surface area contributed by atoms with Crippen molar-refractivity contribution in [3.8, 4) is 0 Å². The molecule has 0 aliphatic rings. The summed E-state index contributed by atoms with van der Waals surface area (Å²) in [5.74, 6) is 0.317. The molecule has 0 saturated carbocycles. The third kappa shape index (κ3) is 3.75. The number of anilines is 1. The van der Waals surface area contributed by atoms with Crippen LogP contribution < -0.4 is 5.32 Å². The quantitative estimate of drug-likeness (QED) is 0.714. The second-order valence-corrected chi connectivity index (χ2v) is 3.82. The summed E-state index contributed by atoms with van der Waals surface area (Å²) in [4.78, 5) is 18.4. The van der Waals surface area contributed by atoms with Gasteiger partial charge in [-0.05, 0) is 18.4 Å². The van der Waals surface area contributed by atoms with Gasteiger partial charge in [-0.1, -0.05) is 0 Å². The maximum Gasteiger partial charge on any atom is 0.358 e. The zero-order chi connectivity index (χ0) is 11.1. The molecule has 0 aromatic carbocycles. The van der Waals surface area contributed by atoms with Crippen molar-refractivity contribution in [1.29, 1.82) is 0 Å². The predicted octanol–water partition coefficient (Wildman–Crippen LogP) is 1.34. The van der Waals surface area contributed by atoms with Crippen molar-refractivity contribution < 1.29 is 9.90 Å². The molecule has 0 unspecified atom stereocenters. The van der Waals surface area contributed by atoms with E-state index in [1.807, 2.05) is 6.26 Å². The highest BCUT2D eigenvalue weighted by Crippen LogP contribution is 2.08. The third-order valence-electron chi connectivity index (χ3n) is 1.72. The first-order valence-electron chi connectivity index (χ1n) is 4.53. The molecule has 0 fully saturated rings. The number of carboxylic acid groups (broad SMARTS) is 1. The fourth-order valence-corrected chi connectivity index (χ4v) is 1.48. The van der Waals surface area contributed by atoms with Gasteiger partial charge in [0.2, 0.25) is 0 Å². The van der Waals surface area contributed by atoms with E-state index in [9.17, 15) is 4.79 Å². The Morgan fingerprint density at radius 3 is 2.93 bits per heavy atom. The number of aromatic nitrogens is 2. The monoisotopic (exact) mass is 227 g/mol. The van der Waals surface area contributed by atoms with E-state index in [2.05, 4.69) is 15.3 Å². The maximum absolute atomic E-state index is 10.8. The Hall–Kier alpha value is -1.30. The second-order valence-electron chi connectivity index (χ2n) is 2.83. The zero-order valence-corrected chi connectivity index (χ0v) is 9.25. The molecule has 0 aliphatic heterocycles. The lowest BCUT2D eigenvalue weighted by Crippen LogP contribution is -2.11. The minimum atomic E-state index is -1.06. The third-order valence-corrected chi connectivity index (χ3v) is 2.42. The molecule has 5 nitrogen and oxygen atoms in total. The molecular weight excluding hydrogens is 214 g/mol. The van der Waals surface area contributed by atoms with Gasteiger partial charge in [0, 0.05) is 18.9 Å². The molecule has 0 atom stereocenters. The number of nitrogens with zero attached hydrogens (tertiary/aromatic N) is 2. The van der Waals surface area contributed by atoms with Crippen molar-refractivity contribution in [2.75, 3.05) is 23.9 Å². The molecule has 0 saturated heterocycles. The van der Waals surface area contributed by atoms with Crippen LogP contribution in [0, 0.1) is 0 Å². The summed E-state index contributed by atoms with van der Waals surface area (Å²) in [6.07, 6.45) is 5.85. The first-order chi connectivity index (χ1) is 7.25. The molecule has 1 rings (SSSR count). The van der Waals surface area contributed by atoms with E-state index in [-0.39, 0.29) is 5.69 Å². The first-order valence-corrected chi connectivity index (χ1v) is 5.92. The van der Waals surface area contributed by atoms with E-state index in [0.717, 1.165) is 12.2 Å². The van der Waals surface area contributed by atoms with E-state index >= 15 is 0 Å². The topological polar surface area (TPSA) is 75.1 Å². The van der Waals surface area contributed by atoms with Crippen molar-refractivity contribution >= 4 is 23.5 Å². The molecule has 1 aromatic rings. The number of carbonyl (C=O) groups is 1. The highest BCUT2D eigenvalue weighted by molar-refractivity contribution is 7.98. The maximum atomic E-state index is 10.8. The first kappa shape index (κ1) is 11.8. The smallest absolute Gasteiger partial charge is 0.358 e. The standard InChI is InChI=1S/C9H13N3O2S/c1-15-6-2-3-11-8-7(9(13)14)10-4-5-12-8/h4-5H,2-3,6H2,1H3,(H,11,12)(H,13,14). The van der Waals surface area contributed by atoms with Gasteiger partial charge in [0.05, 0.1) is 0 Å². The summed E-state index contributed by atoms with van der Waals surface area (Å²) in [7, 11) is 0. The fraction of sp³-hybridized carbons (Fsp3) is 0.444. The van der Waals surface area contributed by atoms with E-state index in [0.29, 0.717) is 12.4 Å². The Labute approximate surface area is 92.3 Å². The normalized spacial score (nSPS) is 9.93. The molecule has 2 N–H and O–H groups in total. The lowest BCUT2D eigenvalue weighted by Gasteiger charge is -2.06. The van der Waals surface area contributed by atoms with E-state index in [1.54, 1.807) is 11.8 Å². The molecule has 0 amide bonds. The number of rotatable bonds is 6. The van der Waals surface area contributed by atoms with Crippen LogP contribution in [0.5, 0.6) is 0 Å². The number of hydrogen-bond donors (Lipinski definition) is 2. The summed E-state index contributed by atoms with van der Waals surface area (Å²) < 4.78 is 0. The van der Waals surface area contributed by atoms with Crippen LogP contribution in [0.4, 0.5) is 5.82 Å². The largest absolute Gasteiger partial charge is 0.476 e. The number of hydrogen-bond acceptors (Lipinski definition) is 5. The van der Waals surface area contributed by atoms with E-state index in [1.165, 1.54) is 12.4 Å². The highest BCUT2D eigenvalue weighted by Gasteiger charge is 2.11. The van der Waals surface area contributed by atoms with Crippen molar-refractivity contribution in [3.05, 3.63) is 18.1 Å². The Balaban J connectivity index is 2.56. The Bertz CT molecular complexity index is 333. The van der Waals surface area contributed by atoms with Crippen LogP contribution in [0.2, 0.25) is 0 Å². The lowest BCUT2D eigenvalue weighted by molar-refractivity contribution is 0.0691. The van der Waals surface area contributed by atoms with Gasteiger partial charge in [-0.3, -0.25) is 0 Å². The molecule has 0 spiro atoms. The van der Waals surface area contributed by atoms with Crippen molar-refractivity contribution in [3.63, 3.8) is 0 Å². The minimum absolute atomic E-state index is 0.0262. The average molecular weight is 227 g/mol. The average Bonchev–Trinajstić information content (AvgIpc) is 2.25. The molecule has 15 heavy (non-hydrogen) atoms. The molecular formula is C9H13N3O2S. The van der Waals surface area contributed by atoms with Gasteiger partial charge in [-0.2, -0.15) is 11.8 Å². The summed E-state index contributed by atoms with van der Waals surface area (Å²) in [6, 6.07) is 0. The van der Waals surface area contributed by atoms with Gasteiger partial charge in [-0.15, -0.1) is 0 Å². The van der Waals surface area contributed by atoms with Crippen LogP contribution in [0.1, 0.15) is 16.9 Å².